The van der Waals surface area contributed by atoms with E-state index in [0.717, 1.165) is 21.5 Å². The third kappa shape index (κ3) is 6.23. The molecule has 13 heteroatoms. The van der Waals surface area contributed by atoms with Crippen LogP contribution in [0.15, 0.2) is 177 Å². The molecule has 11 nitrogen and oxygen atoms in total. The van der Waals surface area contributed by atoms with Gasteiger partial charge in [0.2, 0.25) is 0 Å². The summed E-state index contributed by atoms with van der Waals surface area (Å²) < 4.78 is 37.8. The number of nitrogens with zero attached hydrogens (tertiary/aromatic N) is 11. The van der Waals surface area contributed by atoms with Crippen LogP contribution < -0.4 is 0 Å². The number of benzene rings is 6. The molecule has 0 amide bonds. The van der Waals surface area contributed by atoms with Gasteiger partial charge in [-0.05, 0) is 72.8 Å². The predicted octanol–water partition coefficient (Wildman–Crippen LogP) is 11.5. The fourth-order valence-electron chi connectivity index (χ4n) is 8.93. The molecule has 6 heterocycles. The topological polar surface area (TPSA) is 137 Å². The Morgan fingerprint density at radius 1 is 0.364 bits per heavy atom. The van der Waals surface area contributed by atoms with E-state index in [0.29, 0.717) is 79.0 Å². The summed E-state index contributed by atoms with van der Waals surface area (Å²) in [7, 11) is 0. The van der Waals surface area contributed by atoms with Crippen molar-refractivity contribution >= 4 is 43.6 Å². The highest BCUT2D eigenvalue weighted by molar-refractivity contribution is 6.14. The van der Waals surface area contributed by atoms with Crippen LogP contribution in [0.2, 0.25) is 0 Å². The van der Waals surface area contributed by atoms with E-state index in [1.165, 1.54) is 18.2 Å². The quantitative estimate of drug-likeness (QED) is 0.153. The molecule has 0 radical (unpaired) electrons. The Kier molecular flexibility index (Phi) is 8.95. The van der Waals surface area contributed by atoms with Gasteiger partial charge in [-0.2, -0.15) is 5.26 Å². The van der Waals surface area contributed by atoms with Crippen LogP contribution in [0, 0.1) is 23.0 Å². The van der Waals surface area contributed by atoms with Crippen LogP contribution in [-0.2, 0) is 0 Å². The third-order valence-electron chi connectivity index (χ3n) is 11.8. The monoisotopic (exact) mass is 857 g/mol. The van der Waals surface area contributed by atoms with Crippen LogP contribution in [0.3, 0.4) is 0 Å². The molecule has 66 heavy (non-hydrogen) atoms. The van der Waals surface area contributed by atoms with Gasteiger partial charge in [-0.3, -0.25) is 0 Å². The number of hydrogen-bond donors (Lipinski definition) is 0. The van der Waals surface area contributed by atoms with E-state index in [2.05, 4.69) is 45.9 Å². The predicted molar refractivity (Wildman–Crippen MR) is 249 cm³/mol. The second-order valence-electron chi connectivity index (χ2n) is 15.5. The standard InChI is InChI=1S/C53H29F2N11/c54-40-6-1-7-41(55)48(40)49-46(65-42-26-32(50-57-16-2-17-58-50)8-12-36(42)37-13-9-33(27-43(37)65)51-59-18-3-19-60-51)24-31(30-56)25-47(49)66-44-28-34(52-61-20-4-21-62-52)10-14-38(44)39-15-11-35(29-45(39)66)53-63-22-5-23-64-53/h1-29H. The van der Waals surface area contributed by atoms with Gasteiger partial charge < -0.3 is 9.13 Å². The van der Waals surface area contributed by atoms with Gasteiger partial charge in [0, 0.05) is 98.9 Å². The second-order valence-corrected chi connectivity index (χ2v) is 15.5. The average Bonchev–Trinajstić information content (AvgIpc) is 3.88. The zero-order chi connectivity index (χ0) is 44.3. The van der Waals surface area contributed by atoms with Crippen molar-refractivity contribution in [2.24, 2.45) is 0 Å². The molecule has 0 aliphatic rings. The Bertz CT molecular complexity index is 3470. The smallest absolute Gasteiger partial charge is 0.159 e. The normalized spacial score (nSPS) is 11.5. The van der Waals surface area contributed by atoms with Crippen molar-refractivity contribution in [3.63, 3.8) is 0 Å². The van der Waals surface area contributed by atoms with Crippen LogP contribution in [0.4, 0.5) is 8.78 Å². The zero-order valence-electron chi connectivity index (χ0n) is 34.4. The van der Waals surface area contributed by atoms with Crippen molar-refractivity contribution in [3.05, 3.63) is 194 Å². The molecule has 0 saturated heterocycles. The first-order valence-electron chi connectivity index (χ1n) is 20.8. The Morgan fingerprint density at radius 2 is 0.667 bits per heavy atom. The third-order valence-corrected chi connectivity index (χ3v) is 11.8. The van der Waals surface area contributed by atoms with Crippen molar-refractivity contribution in [2.45, 2.75) is 0 Å². The summed E-state index contributed by atoms with van der Waals surface area (Å²) in [5.41, 5.74) is 6.36. The summed E-state index contributed by atoms with van der Waals surface area (Å²) in [5, 5.41) is 14.3. The number of aromatic nitrogens is 10. The lowest BCUT2D eigenvalue weighted by Crippen LogP contribution is -2.07. The zero-order valence-corrected chi connectivity index (χ0v) is 34.4. The van der Waals surface area contributed by atoms with E-state index < -0.39 is 11.6 Å². The van der Waals surface area contributed by atoms with E-state index in [9.17, 15) is 5.26 Å². The number of halogens is 2. The summed E-state index contributed by atoms with van der Waals surface area (Å²) in [4.78, 5) is 36.4. The maximum atomic E-state index is 17.0. The fraction of sp³-hybridized carbons (Fsp3) is 0. The second kappa shape index (κ2) is 15.4. The number of rotatable bonds is 7. The molecule has 310 valence electrons. The maximum Gasteiger partial charge on any atom is 0.159 e. The first-order chi connectivity index (χ1) is 32.5. The molecular weight excluding hydrogens is 829 g/mol. The maximum absolute atomic E-state index is 17.0. The van der Waals surface area contributed by atoms with Crippen LogP contribution in [0.1, 0.15) is 5.56 Å². The minimum absolute atomic E-state index is 0.188. The van der Waals surface area contributed by atoms with Crippen molar-refractivity contribution in [2.75, 3.05) is 0 Å². The SMILES string of the molecule is N#Cc1cc(-n2c3cc(-c4ncccn4)ccc3c3ccc(-c4ncccn4)cc32)c(-c2c(F)cccc2F)c(-n2c3cc(-c4ncccn4)ccc3c3ccc(-c4ncccn4)cc32)c1. The van der Waals surface area contributed by atoms with Crippen LogP contribution >= 0.6 is 0 Å². The van der Waals surface area contributed by atoms with E-state index in [4.69, 9.17) is 0 Å². The van der Waals surface area contributed by atoms with Gasteiger partial charge in [0.05, 0.1) is 50.6 Å². The number of hydrogen-bond acceptors (Lipinski definition) is 9. The molecular formula is C53H29F2N11. The van der Waals surface area contributed by atoms with E-state index in [-0.39, 0.29) is 16.7 Å². The lowest BCUT2D eigenvalue weighted by molar-refractivity contribution is 0.589. The van der Waals surface area contributed by atoms with Crippen LogP contribution in [0.25, 0.3) is 112 Å². The van der Waals surface area contributed by atoms with Gasteiger partial charge in [-0.1, -0.05) is 54.6 Å². The summed E-state index contributed by atoms with van der Waals surface area (Å²) in [5.74, 6) is 0.367. The molecule has 6 aromatic heterocycles. The summed E-state index contributed by atoms with van der Waals surface area (Å²) in [6.45, 7) is 0. The minimum Gasteiger partial charge on any atom is -0.308 e. The van der Waals surface area contributed by atoms with E-state index in [1.54, 1.807) is 86.0 Å². The van der Waals surface area contributed by atoms with Gasteiger partial charge in [0.25, 0.3) is 0 Å². The Balaban J connectivity index is 1.27. The summed E-state index contributed by atoms with van der Waals surface area (Å²) >= 11 is 0. The lowest BCUT2D eigenvalue weighted by Gasteiger charge is -2.22. The summed E-state index contributed by atoms with van der Waals surface area (Å²) in [6.07, 6.45) is 13.4. The first-order valence-corrected chi connectivity index (χ1v) is 20.8. The van der Waals surface area contributed by atoms with Gasteiger partial charge >= 0.3 is 0 Å². The molecule has 0 fully saturated rings. The summed E-state index contributed by atoms with van der Waals surface area (Å²) in [6, 6.07) is 40.2. The molecule has 0 aliphatic heterocycles. The Labute approximate surface area is 373 Å². The molecule has 6 aromatic carbocycles. The van der Waals surface area contributed by atoms with Crippen molar-refractivity contribution in [1.82, 2.24) is 49.0 Å². The highest BCUT2D eigenvalue weighted by Crippen LogP contribution is 2.46. The highest BCUT2D eigenvalue weighted by Gasteiger charge is 2.28. The Morgan fingerprint density at radius 3 is 0.955 bits per heavy atom. The van der Waals surface area contributed by atoms with Gasteiger partial charge in [0.1, 0.15) is 11.6 Å². The molecule has 0 aliphatic carbocycles. The Hall–Kier alpha value is -9.41. The molecule has 0 unspecified atom stereocenters. The van der Waals surface area contributed by atoms with Crippen molar-refractivity contribution in [3.8, 4) is 74.1 Å². The van der Waals surface area contributed by atoms with Crippen molar-refractivity contribution < 1.29 is 8.78 Å². The fourth-order valence-corrected chi connectivity index (χ4v) is 8.93. The van der Waals surface area contributed by atoms with Crippen LogP contribution in [0.5, 0.6) is 0 Å². The molecule has 0 spiro atoms. The lowest BCUT2D eigenvalue weighted by atomic mass is 9.97. The van der Waals surface area contributed by atoms with Gasteiger partial charge in [-0.15, -0.1) is 0 Å². The van der Waals surface area contributed by atoms with Crippen molar-refractivity contribution in [1.29, 1.82) is 5.26 Å². The van der Waals surface area contributed by atoms with E-state index >= 15 is 8.78 Å². The average molecular weight is 858 g/mol. The van der Waals surface area contributed by atoms with Gasteiger partial charge in [-0.25, -0.2) is 48.7 Å². The molecule has 0 atom stereocenters. The number of nitriles is 1. The molecule has 12 aromatic rings. The molecule has 12 rings (SSSR count). The molecule has 0 N–H and O–H groups in total. The first kappa shape index (κ1) is 38.3. The molecule has 0 saturated carbocycles. The number of fused-ring (bicyclic) bond motifs is 6. The minimum atomic E-state index is -0.794. The van der Waals surface area contributed by atoms with E-state index in [1.807, 2.05) is 81.9 Å². The largest absolute Gasteiger partial charge is 0.308 e. The van der Waals surface area contributed by atoms with Gasteiger partial charge in [0.15, 0.2) is 23.3 Å². The highest BCUT2D eigenvalue weighted by atomic mass is 19.1. The molecule has 0 bridgehead atoms. The van der Waals surface area contributed by atoms with Crippen LogP contribution in [-0.4, -0.2) is 49.0 Å².